The van der Waals surface area contributed by atoms with E-state index in [0.29, 0.717) is 29.3 Å². The van der Waals surface area contributed by atoms with Gasteiger partial charge in [0.05, 0.1) is 6.04 Å². The van der Waals surface area contributed by atoms with Gasteiger partial charge in [-0.2, -0.15) is 0 Å². The van der Waals surface area contributed by atoms with Gasteiger partial charge >= 0.3 is 0 Å². The predicted octanol–water partition coefficient (Wildman–Crippen LogP) is 5.95. The molecule has 1 aliphatic rings. The van der Waals surface area contributed by atoms with Crippen molar-refractivity contribution in [1.82, 2.24) is 4.90 Å². The van der Waals surface area contributed by atoms with Crippen molar-refractivity contribution in [2.75, 3.05) is 36.0 Å². The van der Waals surface area contributed by atoms with E-state index < -0.39 is 6.10 Å². The molecule has 0 fully saturated rings. The molecule has 1 heterocycles. The molecule has 40 heavy (non-hydrogen) atoms. The molecular formula is C32H38ClN3O4. The average Bonchev–Trinajstić information content (AvgIpc) is 2.95. The van der Waals surface area contributed by atoms with E-state index in [1.165, 1.54) is 0 Å². The molecule has 1 aliphatic heterocycles. The zero-order valence-electron chi connectivity index (χ0n) is 23.6. The Kier molecular flexibility index (Phi) is 9.85. The zero-order chi connectivity index (χ0) is 28.8. The van der Waals surface area contributed by atoms with Gasteiger partial charge in [-0.3, -0.25) is 9.59 Å². The van der Waals surface area contributed by atoms with Crippen molar-refractivity contribution in [3.63, 3.8) is 0 Å². The van der Waals surface area contributed by atoms with E-state index in [-0.39, 0.29) is 30.5 Å². The molecule has 3 atom stereocenters. The van der Waals surface area contributed by atoms with Gasteiger partial charge in [0.25, 0.3) is 5.91 Å². The standard InChI is InChI=1S/C32H38ClN3O4/c1-5-34(6-2)20-27(38)21-40-28-17-11-24(12-18-28)32(39)35-22(3)19-31(29-9-7-8-10-30(29)35)36(23(4)37)26-15-13-25(33)14-16-26/h7-18,22,27,31,38H,5-6,19-21H2,1-4H3/t22-,27?,31+/m0/s1. The Labute approximate surface area is 241 Å². The van der Waals surface area contributed by atoms with E-state index in [9.17, 15) is 14.7 Å². The largest absolute Gasteiger partial charge is 0.491 e. The number of amides is 2. The molecule has 0 aromatic heterocycles. The normalized spacial score (nSPS) is 17.3. The van der Waals surface area contributed by atoms with Crippen molar-refractivity contribution < 1.29 is 19.4 Å². The van der Waals surface area contributed by atoms with Crippen LogP contribution in [0.15, 0.2) is 72.8 Å². The lowest BCUT2D eigenvalue weighted by molar-refractivity contribution is -0.117. The van der Waals surface area contributed by atoms with Crippen LogP contribution < -0.4 is 14.5 Å². The minimum atomic E-state index is -0.595. The number of carbonyl (C=O) groups is 2. The first-order valence-electron chi connectivity index (χ1n) is 13.8. The molecule has 0 radical (unpaired) electrons. The van der Waals surface area contributed by atoms with Gasteiger partial charge in [0, 0.05) is 41.5 Å². The minimum absolute atomic E-state index is 0.0769. The lowest BCUT2D eigenvalue weighted by atomic mass is 9.89. The number of fused-ring (bicyclic) bond motifs is 1. The van der Waals surface area contributed by atoms with E-state index in [1.807, 2.05) is 48.2 Å². The van der Waals surface area contributed by atoms with Crippen LogP contribution in [-0.4, -0.2) is 60.2 Å². The maximum Gasteiger partial charge on any atom is 0.258 e. The molecule has 8 heteroatoms. The second-order valence-electron chi connectivity index (χ2n) is 10.2. The molecule has 4 rings (SSSR count). The zero-order valence-corrected chi connectivity index (χ0v) is 24.3. The Hall–Kier alpha value is -3.39. The highest BCUT2D eigenvalue weighted by molar-refractivity contribution is 6.30. The Morgan fingerprint density at radius 3 is 2.30 bits per heavy atom. The molecule has 1 N–H and O–H groups in total. The van der Waals surface area contributed by atoms with Crippen LogP contribution in [-0.2, 0) is 4.79 Å². The lowest BCUT2D eigenvalue weighted by Gasteiger charge is -2.43. The van der Waals surface area contributed by atoms with Gasteiger partial charge in [-0.05, 0) is 86.6 Å². The van der Waals surface area contributed by atoms with E-state index >= 15 is 0 Å². The van der Waals surface area contributed by atoms with Crippen molar-refractivity contribution in [3.8, 4) is 5.75 Å². The fourth-order valence-electron chi connectivity index (χ4n) is 5.38. The Balaban J connectivity index is 1.53. The fourth-order valence-corrected chi connectivity index (χ4v) is 5.50. The maximum atomic E-state index is 13.8. The molecule has 7 nitrogen and oxygen atoms in total. The molecule has 0 spiro atoms. The third-order valence-corrected chi connectivity index (χ3v) is 7.69. The highest BCUT2D eigenvalue weighted by atomic mass is 35.5. The van der Waals surface area contributed by atoms with Crippen LogP contribution in [0.1, 0.15) is 56.1 Å². The molecule has 3 aromatic rings. The van der Waals surface area contributed by atoms with Gasteiger partial charge in [0.15, 0.2) is 0 Å². The summed E-state index contributed by atoms with van der Waals surface area (Å²) in [6, 6.07) is 21.7. The summed E-state index contributed by atoms with van der Waals surface area (Å²) >= 11 is 6.10. The second-order valence-corrected chi connectivity index (χ2v) is 10.6. The summed E-state index contributed by atoms with van der Waals surface area (Å²) in [6.07, 6.45) is -0.0152. The number of hydrogen-bond acceptors (Lipinski definition) is 5. The van der Waals surface area contributed by atoms with E-state index in [2.05, 4.69) is 18.7 Å². The summed E-state index contributed by atoms with van der Waals surface area (Å²) in [7, 11) is 0. The number of aliphatic hydroxyl groups excluding tert-OH is 1. The quantitative estimate of drug-likeness (QED) is 0.330. The van der Waals surface area contributed by atoms with Gasteiger partial charge in [-0.1, -0.05) is 43.6 Å². The van der Waals surface area contributed by atoms with Crippen molar-refractivity contribution in [2.24, 2.45) is 0 Å². The predicted molar refractivity (Wildman–Crippen MR) is 160 cm³/mol. The second kappa shape index (κ2) is 13.3. The number of ether oxygens (including phenoxy) is 1. The Morgan fingerprint density at radius 2 is 1.68 bits per heavy atom. The number of hydrogen-bond donors (Lipinski definition) is 1. The smallest absolute Gasteiger partial charge is 0.258 e. The average molecular weight is 564 g/mol. The molecule has 212 valence electrons. The van der Waals surface area contributed by atoms with Crippen molar-refractivity contribution >= 4 is 34.8 Å². The van der Waals surface area contributed by atoms with Crippen LogP contribution in [0.3, 0.4) is 0 Å². The van der Waals surface area contributed by atoms with Crippen LogP contribution in [0.25, 0.3) is 0 Å². The first kappa shape index (κ1) is 29.6. The number of aliphatic hydroxyl groups is 1. The van der Waals surface area contributed by atoms with Gasteiger partial charge in [0.2, 0.25) is 5.91 Å². The van der Waals surface area contributed by atoms with Gasteiger partial charge in [-0.15, -0.1) is 0 Å². The molecule has 3 aromatic carbocycles. The Bertz CT molecular complexity index is 1290. The molecule has 0 bridgehead atoms. The van der Waals surface area contributed by atoms with Crippen LogP contribution >= 0.6 is 11.6 Å². The molecular weight excluding hydrogens is 526 g/mol. The van der Waals surface area contributed by atoms with Crippen LogP contribution in [0.5, 0.6) is 5.75 Å². The number of para-hydroxylation sites is 1. The first-order valence-corrected chi connectivity index (χ1v) is 14.2. The highest BCUT2D eigenvalue weighted by Crippen LogP contribution is 2.43. The topological polar surface area (TPSA) is 73.3 Å². The Morgan fingerprint density at radius 1 is 1.02 bits per heavy atom. The minimum Gasteiger partial charge on any atom is -0.491 e. The monoisotopic (exact) mass is 563 g/mol. The number of rotatable bonds is 10. The van der Waals surface area contributed by atoms with Crippen molar-refractivity contribution in [1.29, 1.82) is 0 Å². The molecule has 0 aliphatic carbocycles. The highest BCUT2D eigenvalue weighted by Gasteiger charge is 2.38. The number of benzene rings is 3. The number of carbonyl (C=O) groups excluding carboxylic acids is 2. The van der Waals surface area contributed by atoms with E-state index in [4.69, 9.17) is 16.3 Å². The number of nitrogens with zero attached hydrogens (tertiary/aromatic N) is 3. The van der Waals surface area contributed by atoms with Crippen molar-refractivity contribution in [2.45, 2.75) is 52.3 Å². The molecule has 2 amide bonds. The van der Waals surface area contributed by atoms with Gasteiger partial charge < -0.3 is 24.5 Å². The summed E-state index contributed by atoms with van der Waals surface area (Å²) < 4.78 is 5.78. The van der Waals surface area contributed by atoms with Crippen LogP contribution in [0, 0.1) is 0 Å². The summed E-state index contributed by atoms with van der Waals surface area (Å²) in [4.78, 5) is 32.4. The number of halogens is 1. The summed E-state index contributed by atoms with van der Waals surface area (Å²) in [5.74, 6) is 0.404. The SMILES string of the molecule is CCN(CC)CC(O)COc1ccc(C(=O)N2c3ccccc3[C@H](N(C(C)=O)c3ccc(Cl)cc3)C[C@@H]2C)cc1. The van der Waals surface area contributed by atoms with Gasteiger partial charge in [0.1, 0.15) is 18.5 Å². The number of anilines is 2. The fraction of sp³-hybridized carbons (Fsp3) is 0.375. The van der Waals surface area contributed by atoms with Crippen LogP contribution in [0.4, 0.5) is 11.4 Å². The number of likely N-dealkylation sites (N-methyl/N-ethyl adjacent to an activating group) is 1. The summed E-state index contributed by atoms with van der Waals surface area (Å²) in [6.45, 7) is 10.2. The van der Waals surface area contributed by atoms with Crippen molar-refractivity contribution in [3.05, 3.63) is 88.9 Å². The van der Waals surface area contributed by atoms with Gasteiger partial charge in [-0.25, -0.2) is 0 Å². The van der Waals surface area contributed by atoms with E-state index in [1.54, 1.807) is 48.2 Å². The van der Waals surface area contributed by atoms with E-state index in [0.717, 1.165) is 30.0 Å². The maximum absolute atomic E-state index is 13.8. The first-order chi connectivity index (χ1) is 19.2. The third kappa shape index (κ3) is 6.66. The summed E-state index contributed by atoms with van der Waals surface area (Å²) in [5, 5.41) is 10.9. The molecule has 0 saturated carbocycles. The lowest BCUT2D eigenvalue weighted by Crippen LogP contribution is -2.47. The molecule has 1 unspecified atom stereocenters. The van der Waals surface area contributed by atoms with Crippen LogP contribution in [0.2, 0.25) is 5.02 Å². The third-order valence-electron chi connectivity index (χ3n) is 7.44. The molecule has 0 saturated heterocycles. The summed E-state index contributed by atoms with van der Waals surface area (Å²) in [5.41, 5.74) is 3.01.